The highest BCUT2D eigenvalue weighted by Gasteiger charge is 2.12. The van der Waals surface area contributed by atoms with Crippen LogP contribution in [0, 0.1) is 5.82 Å². The lowest BCUT2D eigenvalue weighted by molar-refractivity contribution is 0.602. The van der Waals surface area contributed by atoms with Crippen LogP contribution in [0.3, 0.4) is 0 Å². The van der Waals surface area contributed by atoms with Crippen LogP contribution in [0.15, 0.2) is 59.6 Å². The van der Waals surface area contributed by atoms with Crippen LogP contribution < -0.4 is 0 Å². The second kappa shape index (κ2) is 5.38. The Morgan fingerprint density at radius 1 is 0.955 bits per heavy atom. The summed E-state index contributed by atoms with van der Waals surface area (Å²) in [6.07, 6.45) is 2.90. The Balaban J connectivity index is 2.03. The maximum atomic E-state index is 13.0. The molecule has 22 heavy (non-hydrogen) atoms. The number of hydrogen-bond donors (Lipinski definition) is 1. The van der Waals surface area contributed by atoms with Gasteiger partial charge in [0.2, 0.25) is 0 Å². The van der Waals surface area contributed by atoms with E-state index in [1.807, 2.05) is 0 Å². The Morgan fingerprint density at radius 3 is 2.14 bits per heavy atom. The van der Waals surface area contributed by atoms with Crippen molar-refractivity contribution in [3.8, 4) is 22.4 Å². The molecule has 0 saturated heterocycles. The first-order chi connectivity index (χ1) is 10.4. The molecule has 0 spiro atoms. The van der Waals surface area contributed by atoms with Gasteiger partial charge in [0.25, 0.3) is 0 Å². The standard InChI is InChI=1S/C16H13FN2O2S/c1-22(20,21)14-8-4-12(5-9-14)16-15(10-18-19-16)11-2-6-13(17)7-3-11/h2-10H,1H3,(H,18,19). The average molecular weight is 316 g/mol. The Bertz CT molecular complexity index is 898. The van der Waals surface area contributed by atoms with Gasteiger partial charge in [0.15, 0.2) is 9.84 Å². The van der Waals surface area contributed by atoms with E-state index in [-0.39, 0.29) is 10.7 Å². The van der Waals surface area contributed by atoms with E-state index in [4.69, 9.17) is 0 Å². The molecule has 0 aliphatic rings. The van der Waals surface area contributed by atoms with Crippen molar-refractivity contribution in [1.29, 1.82) is 0 Å². The molecule has 0 aliphatic heterocycles. The smallest absolute Gasteiger partial charge is 0.175 e. The summed E-state index contributed by atoms with van der Waals surface area (Å²) >= 11 is 0. The third kappa shape index (κ3) is 2.78. The summed E-state index contributed by atoms with van der Waals surface area (Å²) in [5.74, 6) is -0.300. The van der Waals surface area contributed by atoms with Crippen molar-refractivity contribution in [3.05, 3.63) is 60.5 Å². The summed E-state index contributed by atoms with van der Waals surface area (Å²) in [7, 11) is -3.23. The topological polar surface area (TPSA) is 62.8 Å². The van der Waals surface area contributed by atoms with Crippen LogP contribution in [0.1, 0.15) is 0 Å². The third-order valence-corrected chi connectivity index (χ3v) is 4.48. The molecule has 112 valence electrons. The van der Waals surface area contributed by atoms with Crippen LogP contribution in [0.4, 0.5) is 4.39 Å². The molecule has 0 amide bonds. The quantitative estimate of drug-likeness (QED) is 0.806. The molecule has 3 rings (SSSR count). The maximum Gasteiger partial charge on any atom is 0.175 e. The highest BCUT2D eigenvalue weighted by molar-refractivity contribution is 7.90. The van der Waals surface area contributed by atoms with Crippen molar-refractivity contribution >= 4 is 9.84 Å². The zero-order chi connectivity index (χ0) is 15.7. The Morgan fingerprint density at radius 2 is 1.55 bits per heavy atom. The van der Waals surface area contributed by atoms with E-state index in [1.165, 1.54) is 18.4 Å². The lowest BCUT2D eigenvalue weighted by atomic mass is 10.0. The van der Waals surface area contributed by atoms with Gasteiger partial charge in [-0.2, -0.15) is 5.10 Å². The number of halogens is 1. The number of nitrogens with one attached hydrogen (secondary N) is 1. The first-order valence-electron chi connectivity index (χ1n) is 6.55. The summed E-state index contributed by atoms with van der Waals surface area (Å²) in [6, 6.07) is 12.6. The molecular weight excluding hydrogens is 303 g/mol. The second-order valence-electron chi connectivity index (χ2n) is 4.95. The molecule has 0 atom stereocenters. The molecule has 6 heteroatoms. The predicted octanol–water partition coefficient (Wildman–Crippen LogP) is 3.29. The molecule has 4 nitrogen and oxygen atoms in total. The number of benzene rings is 2. The van der Waals surface area contributed by atoms with Crippen molar-refractivity contribution < 1.29 is 12.8 Å². The fraction of sp³-hybridized carbons (Fsp3) is 0.0625. The van der Waals surface area contributed by atoms with Gasteiger partial charge in [-0.25, -0.2) is 12.8 Å². The van der Waals surface area contributed by atoms with Crippen molar-refractivity contribution in [2.75, 3.05) is 6.26 Å². The monoisotopic (exact) mass is 316 g/mol. The first kappa shape index (κ1) is 14.5. The molecule has 1 N–H and O–H groups in total. The van der Waals surface area contributed by atoms with Gasteiger partial charge >= 0.3 is 0 Å². The summed E-state index contributed by atoms with van der Waals surface area (Å²) in [6.45, 7) is 0. The molecule has 0 fully saturated rings. The molecule has 0 radical (unpaired) electrons. The van der Waals surface area contributed by atoms with E-state index in [1.54, 1.807) is 42.6 Å². The molecule has 0 bridgehead atoms. The van der Waals surface area contributed by atoms with Gasteiger partial charge in [-0.15, -0.1) is 0 Å². The number of H-pyrrole nitrogens is 1. The van der Waals surface area contributed by atoms with Gasteiger partial charge in [0.05, 0.1) is 10.6 Å². The normalized spacial score (nSPS) is 11.5. The molecular formula is C16H13FN2O2S. The molecule has 0 unspecified atom stereocenters. The first-order valence-corrected chi connectivity index (χ1v) is 8.44. The van der Waals surface area contributed by atoms with Crippen molar-refractivity contribution in [2.24, 2.45) is 0 Å². The minimum atomic E-state index is -3.23. The number of hydrogen-bond acceptors (Lipinski definition) is 3. The number of aromatic nitrogens is 2. The predicted molar refractivity (Wildman–Crippen MR) is 82.5 cm³/mol. The van der Waals surface area contributed by atoms with Gasteiger partial charge in [0, 0.05) is 23.6 Å². The summed E-state index contributed by atoms with van der Waals surface area (Å²) in [5, 5.41) is 7.00. The minimum absolute atomic E-state index is 0.259. The Kier molecular flexibility index (Phi) is 3.54. The molecule has 1 heterocycles. The van der Waals surface area contributed by atoms with Crippen molar-refractivity contribution in [1.82, 2.24) is 10.2 Å². The number of rotatable bonds is 3. The second-order valence-corrected chi connectivity index (χ2v) is 6.97. The van der Waals surface area contributed by atoms with Crippen LogP contribution in [0.25, 0.3) is 22.4 Å². The fourth-order valence-electron chi connectivity index (χ4n) is 2.22. The zero-order valence-corrected chi connectivity index (χ0v) is 12.6. The molecule has 2 aromatic carbocycles. The van der Waals surface area contributed by atoms with E-state index >= 15 is 0 Å². The third-order valence-electron chi connectivity index (χ3n) is 3.35. The Labute approximate surface area is 127 Å². The lowest BCUT2D eigenvalue weighted by Gasteiger charge is -2.04. The SMILES string of the molecule is CS(=O)(=O)c1ccc(-c2n[nH]cc2-c2ccc(F)cc2)cc1. The van der Waals surface area contributed by atoms with E-state index in [9.17, 15) is 12.8 Å². The fourth-order valence-corrected chi connectivity index (χ4v) is 2.85. The Hall–Kier alpha value is -2.47. The molecule has 0 aliphatic carbocycles. The molecule has 3 aromatic rings. The average Bonchev–Trinajstić information content (AvgIpc) is 2.97. The van der Waals surface area contributed by atoms with E-state index in [2.05, 4.69) is 10.2 Å². The summed E-state index contributed by atoms with van der Waals surface area (Å²) in [4.78, 5) is 0.259. The van der Waals surface area contributed by atoms with Crippen molar-refractivity contribution in [2.45, 2.75) is 4.90 Å². The number of nitrogens with zero attached hydrogens (tertiary/aromatic N) is 1. The minimum Gasteiger partial charge on any atom is -0.284 e. The highest BCUT2D eigenvalue weighted by Crippen LogP contribution is 2.30. The maximum absolute atomic E-state index is 13.0. The number of sulfone groups is 1. The molecule has 0 saturated carbocycles. The largest absolute Gasteiger partial charge is 0.284 e. The van der Waals surface area contributed by atoms with Gasteiger partial charge in [-0.05, 0) is 29.8 Å². The van der Waals surface area contributed by atoms with Gasteiger partial charge in [-0.1, -0.05) is 24.3 Å². The van der Waals surface area contributed by atoms with Gasteiger partial charge in [0.1, 0.15) is 5.82 Å². The van der Waals surface area contributed by atoms with Crippen LogP contribution in [-0.2, 0) is 9.84 Å². The molecule has 1 aromatic heterocycles. The summed E-state index contributed by atoms with van der Waals surface area (Å²) in [5.41, 5.74) is 3.13. The van der Waals surface area contributed by atoms with Crippen LogP contribution in [0.5, 0.6) is 0 Å². The zero-order valence-electron chi connectivity index (χ0n) is 11.7. The van der Waals surface area contributed by atoms with E-state index < -0.39 is 9.84 Å². The van der Waals surface area contributed by atoms with E-state index in [0.29, 0.717) is 5.69 Å². The van der Waals surface area contributed by atoms with Crippen molar-refractivity contribution in [3.63, 3.8) is 0 Å². The van der Waals surface area contributed by atoms with Crippen LogP contribution in [0.2, 0.25) is 0 Å². The highest BCUT2D eigenvalue weighted by atomic mass is 32.2. The van der Waals surface area contributed by atoms with Crippen LogP contribution in [-0.4, -0.2) is 24.9 Å². The number of aromatic amines is 1. The van der Waals surface area contributed by atoms with E-state index in [0.717, 1.165) is 16.7 Å². The summed E-state index contributed by atoms with van der Waals surface area (Å²) < 4.78 is 36.0. The van der Waals surface area contributed by atoms with Crippen LogP contribution >= 0.6 is 0 Å². The lowest BCUT2D eigenvalue weighted by Crippen LogP contribution is -1.96. The van der Waals surface area contributed by atoms with Gasteiger partial charge < -0.3 is 0 Å². The van der Waals surface area contributed by atoms with Gasteiger partial charge in [-0.3, -0.25) is 5.10 Å².